The molecule has 0 aliphatic carbocycles. The maximum atomic E-state index is 13.0. The van der Waals surface area contributed by atoms with E-state index in [2.05, 4.69) is 20.8 Å². The lowest BCUT2D eigenvalue weighted by molar-refractivity contribution is 0.102. The molecule has 0 radical (unpaired) electrons. The second kappa shape index (κ2) is 9.86. The third-order valence-electron chi connectivity index (χ3n) is 5.38. The first-order valence-corrected chi connectivity index (χ1v) is 11.3. The van der Waals surface area contributed by atoms with E-state index >= 15 is 0 Å². The number of nitrogens with zero attached hydrogens (tertiary/aromatic N) is 3. The normalized spacial score (nSPS) is 15.2. The number of urea groups is 1. The summed E-state index contributed by atoms with van der Waals surface area (Å²) >= 11 is 1.21. The van der Waals surface area contributed by atoms with Crippen LogP contribution in [0.4, 0.5) is 16.2 Å². The number of rotatable bonds is 6. The van der Waals surface area contributed by atoms with E-state index in [-0.39, 0.29) is 23.0 Å². The maximum absolute atomic E-state index is 13.0. The summed E-state index contributed by atoms with van der Waals surface area (Å²) in [6, 6.07) is 12.2. The number of amides is 3. The summed E-state index contributed by atoms with van der Waals surface area (Å²) in [5.41, 5.74) is 2.40. The Balaban J connectivity index is 1.44. The summed E-state index contributed by atoms with van der Waals surface area (Å²) in [5, 5.41) is 14.9. The zero-order valence-corrected chi connectivity index (χ0v) is 19.4. The minimum absolute atomic E-state index is 0.233. The van der Waals surface area contributed by atoms with Gasteiger partial charge < -0.3 is 25.0 Å². The van der Waals surface area contributed by atoms with Gasteiger partial charge in [-0.25, -0.2) is 4.79 Å². The van der Waals surface area contributed by atoms with Crippen molar-refractivity contribution in [2.75, 3.05) is 31.4 Å². The second-order valence-corrected chi connectivity index (χ2v) is 8.63. The summed E-state index contributed by atoms with van der Waals surface area (Å²) in [5.74, 6) is 0.795. The zero-order valence-electron chi connectivity index (χ0n) is 18.6. The smallest absolute Gasteiger partial charge is 0.322 e. The van der Waals surface area contributed by atoms with Crippen LogP contribution in [-0.4, -0.2) is 47.8 Å². The fourth-order valence-electron chi connectivity index (χ4n) is 3.66. The lowest BCUT2D eigenvalue weighted by Crippen LogP contribution is -2.34. The molecule has 2 heterocycles. The van der Waals surface area contributed by atoms with Crippen molar-refractivity contribution in [1.82, 2.24) is 15.1 Å². The number of benzene rings is 2. The number of carbonyl (C=O) groups is 2. The van der Waals surface area contributed by atoms with Crippen LogP contribution in [0.5, 0.6) is 11.5 Å². The number of anilines is 2. The van der Waals surface area contributed by atoms with Crippen LogP contribution in [0.2, 0.25) is 0 Å². The first-order chi connectivity index (χ1) is 16.0. The minimum atomic E-state index is -0.318. The Morgan fingerprint density at radius 3 is 2.45 bits per heavy atom. The average Bonchev–Trinajstić information content (AvgIpc) is 3.50. The summed E-state index contributed by atoms with van der Waals surface area (Å²) < 4.78 is 10.5. The van der Waals surface area contributed by atoms with Gasteiger partial charge in [0.05, 0.1) is 20.3 Å². The molecule has 0 spiro atoms. The predicted molar refractivity (Wildman–Crippen MR) is 126 cm³/mol. The van der Waals surface area contributed by atoms with Gasteiger partial charge in [-0.05, 0) is 44.0 Å². The van der Waals surface area contributed by atoms with Crippen LogP contribution < -0.4 is 20.1 Å². The third-order valence-corrected chi connectivity index (χ3v) is 6.40. The minimum Gasteiger partial charge on any atom is -0.493 e. The molecular formula is C23H25N5O4S. The van der Waals surface area contributed by atoms with Gasteiger partial charge in [-0.2, -0.15) is 0 Å². The number of hydrogen-bond acceptors (Lipinski definition) is 7. The molecule has 1 aromatic heterocycles. The standard InChI is InChI=1S/C23H25N5O4S/c1-14-6-8-15(9-7-14)24-20(29)22-27-26-21(33-22)17-5-4-12-28(17)23(30)25-16-10-11-18(31-2)19(13-16)32-3/h6-11,13,17H,4-5,12H2,1-3H3,(H,24,29)(H,25,30)/t17-/m0/s1. The number of likely N-dealkylation sites (tertiary alicyclic amines) is 1. The second-order valence-electron chi connectivity index (χ2n) is 7.62. The fourth-order valence-corrected chi connectivity index (χ4v) is 4.54. The molecule has 0 bridgehead atoms. The SMILES string of the molecule is COc1ccc(NC(=O)N2CCC[C@H]2c2nnc(C(=O)Nc3ccc(C)cc3)s2)cc1OC. The third kappa shape index (κ3) is 5.06. The summed E-state index contributed by atoms with van der Waals surface area (Å²) in [6.45, 7) is 2.57. The molecular weight excluding hydrogens is 442 g/mol. The van der Waals surface area contributed by atoms with Crippen molar-refractivity contribution in [1.29, 1.82) is 0 Å². The molecule has 1 fully saturated rings. The number of ether oxygens (including phenoxy) is 2. The molecule has 2 N–H and O–H groups in total. The van der Waals surface area contributed by atoms with Gasteiger partial charge in [0.15, 0.2) is 11.5 Å². The summed E-state index contributed by atoms with van der Waals surface area (Å²) in [4.78, 5) is 27.3. The zero-order chi connectivity index (χ0) is 23.4. The number of aromatic nitrogens is 2. The number of methoxy groups -OCH3 is 2. The molecule has 1 aliphatic rings. The number of hydrogen-bond donors (Lipinski definition) is 2. The largest absolute Gasteiger partial charge is 0.493 e. The van der Waals surface area contributed by atoms with Crippen molar-refractivity contribution >= 4 is 34.6 Å². The monoisotopic (exact) mass is 467 g/mol. The number of carbonyl (C=O) groups excluding carboxylic acids is 2. The van der Waals surface area contributed by atoms with E-state index in [1.54, 1.807) is 37.3 Å². The van der Waals surface area contributed by atoms with Gasteiger partial charge in [-0.1, -0.05) is 29.0 Å². The van der Waals surface area contributed by atoms with Gasteiger partial charge in [0.2, 0.25) is 5.01 Å². The van der Waals surface area contributed by atoms with Crippen LogP contribution >= 0.6 is 11.3 Å². The molecule has 0 unspecified atom stereocenters. The van der Waals surface area contributed by atoms with Crippen LogP contribution in [0.15, 0.2) is 42.5 Å². The molecule has 4 rings (SSSR count). The Morgan fingerprint density at radius 2 is 1.73 bits per heavy atom. The number of aryl methyl sites for hydroxylation is 1. The molecule has 1 atom stereocenters. The van der Waals surface area contributed by atoms with Gasteiger partial charge in [0.1, 0.15) is 5.01 Å². The Kier molecular flexibility index (Phi) is 6.74. The van der Waals surface area contributed by atoms with Crippen molar-refractivity contribution in [3.05, 3.63) is 58.0 Å². The lowest BCUT2D eigenvalue weighted by atomic mass is 10.2. The van der Waals surface area contributed by atoms with Gasteiger partial charge in [0.25, 0.3) is 5.91 Å². The molecule has 3 amide bonds. The van der Waals surface area contributed by atoms with Gasteiger partial charge in [-0.15, -0.1) is 10.2 Å². The van der Waals surface area contributed by atoms with E-state index in [4.69, 9.17) is 9.47 Å². The highest BCUT2D eigenvalue weighted by molar-refractivity contribution is 7.13. The summed E-state index contributed by atoms with van der Waals surface area (Å²) in [6.07, 6.45) is 1.60. The van der Waals surface area contributed by atoms with E-state index in [0.29, 0.717) is 34.4 Å². The van der Waals surface area contributed by atoms with E-state index in [1.807, 2.05) is 31.2 Å². The summed E-state index contributed by atoms with van der Waals surface area (Å²) in [7, 11) is 3.10. The van der Waals surface area contributed by atoms with Gasteiger partial charge in [-0.3, -0.25) is 4.79 Å². The van der Waals surface area contributed by atoms with Crippen LogP contribution in [0, 0.1) is 6.92 Å². The van der Waals surface area contributed by atoms with E-state index < -0.39 is 0 Å². The molecule has 2 aromatic carbocycles. The topological polar surface area (TPSA) is 106 Å². The molecule has 10 heteroatoms. The van der Waals surface area contributed by atoms with Crippen LogP contribution in [0.1, 0.15) is 39.3 Å². The van der Waals surface area contributed by atoms with Crippen LogP contribution in [0.25, 0.3) is 0 Å². The first kappa shape index (κ1) is 22.5. The molecule has 33 heavy (non-hydrogen) atoms. The molecule has 9 nitrogen and oxygen atoms in total. The van der Waals surface area contributed by atoms with E-state index in [1.165, 1.54) is 11.3 Å². The van der Waals surface area contributed by atoms with E-state index in [0.717, 1.165) is 18.4 Å². The maximum Gasteiger partial charge on any atom is 0.322 e. The van der Waals surface area contributed by atoms with Gasteiger partial charge >= 0.3 is 6.03 Å². The fraction of sp³-hybridized carbons (Fsp3) is 0.304. The van der Waals surface area contributed by atoms with Crippen molar-refractivity contribution in [2.24, 2.45) is 0 Å². The quantitative estimate of drug-likeness (QED) is 0.554. The Morgan fingerprint density at radius 1 is 1.00 bits per heavy atom. The molecule has 3 aromatic rings. The molecule has 172 valence electrons. The van der Waals surface area contributed by atoms with Crippen molar-refractivity contribution in [2.45, 2.75) is 25.8 Å². The highest BCUT2D eigenvalue weighted by Gasteiger charge is 2.33. The highest BCUT2D eigenvalue weighted by Crippen LogP contribution is 2.35. The van der Waals surface area contributed by atoms with Crippen LogP contribution in [0.3, 0.4) is 0 Å². The first-order valence-electron chi connectivity index (χ1n) is 10.5. The highest BCUT2D eigenvalue weighted by atomic mass is 32.1. The van der Waals surface area contributed by atoms with Crippen molar-refractivity contribution in [3.63, 3.8) is 0 Å². The number of nitrogens with one attached hydrogen (secondary N) is 2. The lowest BCUT2D eigenvalue weighted by Gasteiger charge is -2.23. The Labute approximate surface area is 195 Å². The van der Waals surface area contributed by atoms with Crippen molar-refractivity contribution in [3.8, 4) is 11.5 Å². The molecule has 1 saturated heterocycles. The van der Waals surface area contributed by atoms with Crippen molar-refractivity contribution < 1.29 is 19.1 Å². The predicted octanol–water partition coefficient (Wildman–Crippen LogP) is 4.49. The van der Waals surface area contributed by atoms with Crippen LogP contribution in [-0.2, 0) is 0 Å². The average molecular weight is 468 g/mol. The molecule has 0 saturated carbocycles. The van der Waals surface area contributed by atoms with E-state index in [9.17, 15) is 9.59 Å². The Hall–Kier alpha value is -3.66. The Bertz CT molecular complexity index is 1150. The molecule has 1 aliphatic heterocycles. The van der Waals surface area contributed by atoms with Gasteiger partial charge in [0, 0.05) is 24.0 Å².